The molecule has 202 valence electrons. The average molecular weight is 535 g/mol. The minimum Gasteiger partial charge on any atom is -0.379 e. The molecular weight excluding hydrogens is 496 g/mol. The monoisotopic (exact) mass is 534 g/mol. The molecule has 1 aliphatic heterocycles. The van der Waals surface area contributed by atoms with E-state index in [4.69, 9.17) is 4.74 Å². The highest BCUT2D eigenvalue weighted by Gasteiger charge is 2.24. The van der Waals surface area contributed by atoms with Gasteiger partial charge in [-0.2, -0.15) is 0 Å². The second kappa shape index (κ2) is 13.6. The number of nitrogens with one attached hydrogen (secondary N) is 1. The number of anilines is 1. The number of nitrogens with zero attached hydrogens (tertiary/aromatic N) is 3. The van der Waals surface area contributed by atoms with Crippen LogP contribution in [-0.2, 0) is 22.6 Å². The molecule has 8 heteroatoms. The van der Waals surface area contributed by atoms with Crippen LogP contribution in [0.1, 0.15) is 26.4 Å². The van der Waals surface area contributed by atoms with Crippen molar-refractivity contribution in [2.75, 3.05) is 51.3 Å². The van der Waals surface area contributed by atoms with Gasteiger partial charge in [-0.1, -0.05) is 48.0 Å². The minimum absolute atomic E-state index is 0.0122. The van der Waals surface area contributed by atoms with Crippen molar-refractivity contribution in [1.82, 2.24) is 14.7 Å². The van der Waals surface area contributed by atoms with Crippen molar-refractivity contribution in [3.8, 4) is 0 Å². The van der Waals surface area contributed by atoms with E-state index < -0.39 is 0 Å². The van der Waals surface area contributed by atoms with Gasteiger partial charge < -0.3 is 19.9 Å². The van der Waals surface area contributed by atoms with E-state index in [1.54, 1.807) is 16.2 Å². The number of hydrogen-bond donors (Lipinski definition) is 1. The molecular formula is C30H38N4O3S. The SMILES string of the molecule is Cc1ccc(NC(=O)N(CCN2CCOCC2)CC(=O)N(Cc2ccccc2)Cc2ccc(C)s2)c(C)c1. The number of amides is 3. The van der Waals surface area contributed by atoms with Crippen LogP contribution in [0.4, 0.5) is 10.5 Å². The number of benzene rings is 2. The molecule has 1 fully saturated rings. The molecule has 3 amide bonds. The predicted octanol–water partition coefficient (Wildman–Crippen LogP) is 5.07. The number of urea groups is 1. The van der Waals surface area contributed by atoms with Crippen LogP contribution in [0.15, 0.2) is 60.7 Å². The van der Waals surface area contributed by atoms with Crippen molar-refractivity contribution >= 4 is 29.0 Å². The van der Waals surface area contributed by atoms with Gasteiger partial charge in [0.05, 0.1) is 19.8 Å². The van der Waals surface area contributed by atoms with Crippen molar-refractivity contribution in [1.29, 1.82) is 0 Å². The van der Waals surface area contributed by atoms with Gasteiger partial charge in [0.25, 0.3) is 0 Å². The van der Waals surface area contributed by atoms with Crippen LogP contribution in [0.25, 0.3) is 0 Å². The Morgan fingerprint density at radius 2 is 1.71 bits per heavy atom. The standard InChI is InChI=1S/C30H38N4O3S/c1-23-9-12-28(24(2)19-23)31-30(36)33(14-13-32-15-17-37-18-16-32)22-29(35)34(20-26-7-5-4-6-8-26)21-27-11-10-25(3)38-27/h4-12,19H,13-18,20-22H2,1-3H3,(H,31,36). The van der Waals surface area contributed by atoms with Crippen LogP contribution in [-0.4, -0.2) is 72.6 Å². The Morgan fingerprint density at radius 3 is 2.39 bits per heavy atom. The van der Waals surface area contributed by atoms with Gasteiger partial charge in [0.15, 0.2) is 0 Å². The van der Waals surface area contributed by atoms with Gasteiger partial charge in [-0.25, -0.2) is 4.79 Å². The lowest BCUT2D eigenvalue weighted by molar-refractivity contribution is -0.133. The molecule has 1 N–H and O–H groups in total. The van der Waals surface area contributed by atoms with Crippen LogP contribution in [0, 0.1) is 20.8 Å². The van der Waals surface area contributed by atoms with Crippen molar-refractivity contribution in [2.24, 2.45) is 0 Å². The molecule has 0 unspecified atom stereocenters. The van der Waals surface area contributed by atoms with Gasteiger partial charge in [-0.3, -0.25) is 9.69 Å². The summed E-state index contributed by atoms with van der Waals surface area (Å²) in [5.74, 6) is -0.0716. The summed E-state index contributed by atoms with van der Waals surface area (Å²) in [6.07, 6.45) is 0. The smallest absolute Gasteiger partial charge is 0.322 e. The third-order valence-electron chi connectivity index (χ3n) is 6.74. The first-order chi connectivity index (χ1) is 18.4. The fourth-order valence-electron chi connectivity index (χ4n) is 4.54. The Balaban J connectivity index is 1.51. The van der Waals surface area contributed by atoms with Crippen LogP contribution in [0.2, 0.25) is 0 Å². The van der Waals surface area contributed by atoms with Crippen molar-refractivity contribution in [3.63, 3.8) is 0 Å². The number of ether oxygens (including phenoxy) is 1. The number of carbonyl (C=O) groups excluding carboxylic acids is 2. The molecule has 0 saturated carbocycles. The number of carbonyl (C=O) groups is 2. The molecule has 0 spiro atoms. The molecule has 3 aromatic rings. The van der Waals surface area contributed by atoms with E-state index >= 15 is 0 Å². The first kappa shape index (κ1) is 27.8. The van der Waals surface area contributed by atoms with E-state index in [0.717, 1.165) is 40.3 Å². The fourth-order valence-corrected chi connectivity index (χ4v) is 5.45. The van der Waals surface area contributed by atoms with Crippen molar-refractivity contribution in [3.05, 3.63) is 87.1 Å². The first-order valence-electron chi connectivity index (χ1n) is 13.2. The lowest BCUT2D eigenvalue weighted by atomic mass is 10.1. The summed E-state index contributed by atoms with van der Waals surface area (Å²) in [5, 5.41) is 3.05. The third-order valence-corrected chi connectivity index (χ3v) is 7.72. The summed E-state index contributed by atoms with van der Waals surface area (Å²) < 4.78 is 5.47. The average Bonchev–Trinajstić information content (AvgIpc) is 3.33. The van der Waals surface area contributed by atoms with Crippen LogP contribution < -0.4 is 5.32 Å². The van der Waals surface area contributed by atoms with Gasteiger partial charge in [0.1, 0.15) is 6.54 Å². The zero-order chi connectivity index (χ0) is 26.9. The minimum atomic E-state index is -0.259. The van der Waals surface area contributed by atoms with Crippen LogP contribution in [0.3, 0.4) is 0 Å². The maximum atomic E-state index is 13.8. The van der Waals surface area contributed by atoms with Gasteiger partial charge >= 0.3 is 6.03 Å². The lowest BCUT2D eigenvalue weighted by Crippen LogP contribution is -2.48. The number of thiophene rings is 1. The van der Waals surface area contributed by atoms with E-state index in [9.17, 15) is 9.59 Å². The van der Waals surface area contributed by atoms with Crippen LogP contribution in [0.5, 0.6) is 0 Å². The second-order valence-corrected chi connectivity index (χ2v) is 11.2. The zero-order valence-corrected chi connectivity index (χ0v) is 23.4. The summed E-state index contributed by atoms with van der Waals surface area (Å²) in [6.45, 7) is 11.3. The summed E-state index contributed by atoms with van der Waals surface area (Å²) in [5.41, 5.74) is 3.96. The zero-order valence-electron chi connectivity index (χ0n) is 22.6. The summed E-state index contributed by atoms with van der Waals surface area (Å²) in [4.78, 5) is 35.4. The highest BCUT2D eigenvalue weighted by Crippen LogP contribution is 2.20. The van der Waals surface area contributed by atoms with E-state index in [-0.39, 0.29) is 18.5 Å². The molecule has 7 nitrogen and oxygen atoms in total. The highest BCUT2D eigenvalue weighted by molar-refractivity contribution is 7.11. The maximum absolute atomic E-state index is 13.8. The summed E-state index contributed by atoms with van der Waals surface area (Å²) in [6, 6.07) is 19.9. The van der Waals surface area contributed by atoms with Gasteiger partial charge in [-0.05, 0) is 50.1 Å². The molecule has 0 aliphatic carbocycles. The molecule has 2 aromatic carbocycles. The van der Waals surface area contributed by atoms with Crippen LogP contribution >= 0.6 is 11.3 Å². The van der Waals surface area contributed by atoms with E-state index in [0.29, 0.717) is 39.4 Å². The van der Waals surface area contributed by atoms with Crippen molar-refractivity contribution in [2.45, 2.75) is 33.9 Å². The van der Waals surface area contributed by atoms with Crippen molar-refractivity contribution < 1.29 is 14.3 Å². The highest BCUT2D eigenvalue weighted by atomic mass is 32.1. The predicted molar refractivity (Wildman–Crippen MR) is 154 cm³/mol. The quantitative estimate of drug-likeness (QED) is 0.395. The molecule has 38 heavy (non-hydrogen) atoms. The fraction of sp³-hybridized carbons (Fsp3) is 0.400. The Bertz CT molecular complexity index is 1210. The Kier molecular flexibility index (Phi) is 9.92. The van der Waals surface area contributed by atoms with E-state index in [1.165, 1.54) is 4.88 Å². The Morgan fingerprint density at radius 1 is 0.947 bits per heavy atom. The Hall–Kier alpha value is -3.20. The molecule has 0 radical (unpaired) electrons. The molecule has 1 saturated heterocycles. The first-order valence-corrected chi connectivity index (χ1v) is 14.0. The molecule has 0 atom stereocenters. The number of hydrogen-bond acceptors (Lipinski definition) is 5. The Labute approximate surface area is 230 Å². The molecule has 1 aromatic heterocycles. The lowest BCUT2D eigenvalue weighted by Gasteiger charge is -2.31. The number of rotatable bonds is 10. The maximum Gasteiger partial charge on any atom is 0.322 e. The largest absolute Gasteiger partial charge is 0.379 e. The van der Waals surface area contributed by atoms with Gasteiger partial charge in [-0.15, -0.1) is 11.3 Å². The normalized spacial score (nSPS) is 13.8. The molecule has 1 aliphatic rings. The topological polar surface area (TPSA) is 65.1 Å². The molecule has 0 bridgehead atoms. The molecule has 4 rings (SSSR count). The molecule has 2 heterocycles. The van der Waals surface area contributed by atoms with E-state index in [1.807, 2.05) is 67.3 Å². The second-order valence-electron chi connectivity index (χ2n) is 9.87. The summed E-state index contributed by atoms with van der Waals surface area (Å²) >= 11 is 1.70. The van der Waals surface area contributed by atoms with E-state index in [2.05, 4.69) is 29.3 Å². The van der Waals surface area contributed by atoms with Gasteiger partial charge in [0.2, 0.25) is 5.91 Å². The number of aryl methyl sites for hydroxylation is 3. The number of morpholine rings is 1. The van der Waals surface area contributed by atoms with Gasteiger partial charge in [0, 0.05) is 48.2 Å². The third kappa shape index (κ3) is 8.15. The summed E-state index contributed by atoms with van der Waals surface area (Å²) in [7, 11) is 0.